The van der Waals surface area contributed by atoms with E-state index in [1.807, 2.05) is 54.1 Å². The molecule has 0 radical (unpaired) electrons. The van der Waals surface area contributed by atoms with E-state index in [2.05, 4.69) is 17.2 Å². The first-order valence-corrected chi connectivity index (χ1v) is 8.44. The number of Topliss-reactive ketones (excluding diaryl/α,β-unsaturated/α-hetero) is 1. The van der Waals surface area contributed by atoms with Gasteiger partial charge in [-0.05, 0) is 49.1 Å². The summed E-state index contributed by atoms with van der Waals surface area (Å²) in [6.45, 7) is 1.91. The molecular formula is C20H17ClN2O. The molecule has 0 saturated heterocycles. The summed E-state index contributed by atoms with van der Waals surface area (Å²) in [6, 6.07) is 17.8. The van der Waals surface area contributed by atoms with Crippen molar-refractivity contribution >= 4 is 17.4 Å². The molecule has 4 heteroatoms. The zero-order valence-corrected chi connectivity index (χ0v) is 14.1. The van der Waals surface area contributed by atoms with Gasteiger partial charge in [-0.3, -0.25) is 4.79 Å². The number of hydrogen-bond donors (Lipinski definition) is 0. The predicted molar refractivity (Wildman–Crippen MR) is 95.1 cm³/mol. The maximum atomic E-state index is 12.7. The van der Waals surface area contributed by atoms with Crippen LogP contribution in [-0.2, 0) is 6.42 Å². The second-order valence-corrected chi connectivity index (χ2v) is 6.67. The summed E-state index contributed by atoms with van der Waals surface area (Å²) in [5, 5.41) is 5.31. The van der Waals surface area contributed by atoms with Gasteiger partial charge in [0.2, 0.25) is 0 Å². The molecule has 24 heavy (non-hydrogen) atoms. The van der Waals surface area contributed by atoms with Gasteiger partial charge in [0.25, 0.3) is 0 Å². The summed E-state index contributed by atoms with van der Waals surface area (Å²) in [6.07, 6.45) is 1.36. The van der Waals surface area contributed by atoms with Crippen LogP contribution in [0.3, 0.4) is 0 Å². The minimum atomic E-state index is 0.183. The van der Waals surface area contributed by atoms with E-state index in [0.717, 1.165) is 29.1 Å². The van der Waals surface area contributed by atoms with Crippen molar-refractivity contribution in [3.8, 4) is 5.69 Å². The lowest BCUT2D eigenvalue weighted by atomic mass is 9.81. The summed E-state index contributed by atoms with van der Waals surface area (Å²) in [5.41, 5.74) is 4.73. The average Bonchev–Trinajstić information content (AvgIpc) is 2.93. The van der Waals surface area contributed by atoms with E-state index in [9.17, 15) is 4.79 Å². The third-order valence-electron chi connectivity index (χ3n) is 4.65. The van der Waals surface area contributed by atoms with E-state index in [4.69, 9.17) is 11.6 Å². The van der Waals surface area contributed by atoms with Gasteiger partial charge in [-0.2, -0.15) is 5.10 Å². The lowest BCUT2D eigenvalue weighted by Gasteiger charge is -2.23. The number of fused-ring (bicyclic) bond motifs is 1. The van der Waals surface area contributed by atoms with Crippen LogP contribution >= 0.6 is 11.6 Å². The lowest BCUT2D eigenvalue weighted by molar-refractivity contribution is 0.0963. The smallest absolute Gasteiger partial charge is 0.167 e. The lowest BCUT2D eigenvalue weighted by Crippen LogP contribution is -2.20. The van der Waals surface area contributed by atoms with E-state index in [0.29, 0.717) is 11.4 Å². The summed E-state index contributed by atoms with van der Waals surface area (Å²) in [5.74, 6) is 0.385. The number of aromatic nitrogens is 2. The third-order valence-corrected chi connectivity index (χ3v) is 4.90. The van der Waals surface area contributed by atoms with Crippen molar-refractivity contribution in [2.45, 2.75) is 25.7 Å². The van der Waals surface area contributed by atoms with E-state index < -0.39 is 0 Å². The molecule has 120 valence electrons. The SMILES string of the molecule is Cc1nn(-c2ccc(Cl)cc2)c2c1C(=O)CC(c1ccccc1)C2. The second kappa shape index (κ2) is 5.91. The fraction of sp³-hybridized carbons (Fsp3) is 0.200. The number of halogens is 1. The maximum Gasteiger partial charge on any atom is 0.167 e. The van der Waals surface area contributed by atoms with Crippen molar-refractivity contribution in [2.24, 2.45) is 0 Å². The Morgan fingerprint density at radius 1 is 1.04 bits per heavy atom. The molecule has 1 aliphatic carbocycles. The Labute approximate surface area is 145 Å². The highest BCUT2D eigenvalue weighted by molar-refractivity contribution is 6.30. The van der Waals surface area contributed by atoms with Crippen LogP contribution in [0.25, 0.3) is 5.69 Å². The maximum absolute atomic E-state index is 12.7. The molecule has 0 N–H and O–H groups in total. The Kier molecular flexibility index (Phi) is 3.73. The van der Waals surface area contributed by atoms with Crippen molar-refractivity contribution in [3.63, 3.8) is 0 Å². The summed E-state index contributed by atoms with van der Waals surface area (Å²) in [4.78, 5) is 12.7. The van der Waals surface area contributed by atoms with Crippen LogP contribution in [0.1, 0.15) is 39.6 Å². The molecule has 1 aromatic heterocycles. The quantitative estimate of drug-likeness (QED) is 0.677. The van der Waals surface area contributed by atoms with Gasteiger partial charge in [0.15, 0.2) is 5.78 Å². The summed E-state index contributed by atoms with van der Waals surface area (Å²) >= 11 is 5.99. The van der Waals surface area contributed by atoms with Crippen LogP contribution in [0.15, 0.2) is 54.6 Å². The molecule has 2 aromatic carbocycles. The van der Waals surface area contributed by atoms with E-state index in [-0.39, 0.29) is 11.7 Å². The average molecular weight is 337 g/mol. The first-order valence-electron chi connectivity index (χ1n) is 8.06. The molecule has 0 fully saturated rings. The minimum absolute atomic E-state index is 0.183. The Balaban J connectivity index is 1.80. The van der Waals surface area contributed by atoms with Crippen LogP contribution in [0.2, 0.25) is 5.02 Å². The second-order valence-electron chi connectivity index (χ2n) is 6.23. The van der Waals surface area contributed by atoms with Crippen LogP contribution in [0, 0.1) is 6.92 Å². The Morgan fingerprint density at radius 3 is 2.46 bits per heavy atom. The molecule has 0 aliphatic heterocycles. The number of carbonyl (C=O) groups excluding carboxylic acids is 1. The minimum Gasteiger partial charge on any atom is -0.294 e. The Bertz CT molecular complexity index is 897. The molecule has 1 aliphatic rings. The largest absolute Gasteiger partial charge is 0.294 e. The van der Waals surface area contributed by atoms with E-state index >= 15 is 0 Å². The van der Waals surface area contributed by atoms with Gasteiger partial charge >= 0.3 is 0 Å². The molecule has 1 unspecified atom stereocenters. The number of aryl methyl sites for hydroxylation is 1. The molecule has 1 atom stereocenters. The number of carbonyl (C=O) groups is 1. The molecule has 3 nitrogen and oxygen atoms in total. The van der Waals surface area contributed by atoms with Gasteiger partial charge in [-0.15, -0.1) is 0 Å². The molecule has 0 amide bonds. The topological polar surface area (TPSA) is 34.9 Å². The van der Waals surface area contributed by atoms with Gasteiger partial charge in [0.05, 0.1) is 22.6 Å². The molecule has 4 rings (SSSR count). The van der Waals surface area contributed by atoms with Crippen molar-refractivity contribution in [1.29, 1.82) is 0 Å². The number of nitrogens with zero attached hydrogens (tertiary/aromatic N) is 2. The standard InChI is InChI=1S/C20H17ClN2O/c1-13-20-18(23(22-13)17-9-7-16(21)8-10-17)11-15(12-19(20)24)14-5-3-2-4-6-14/h2-10,15H,11-12H2,1H3. The summed E-state index contributed by atoms with van der Waals surface area (Å²) in [7, 11) is 0. The third kappa shape index (κ3) is 2.55. The molecule has 0 saturated carbocycles. The Morgan fingerprint density at radius 2 is 1.75 bits per heavy atom. The first kappa shape index (κ1) is 15.2. The zero-order valence-electron chi connectivity index (χ0n) is 13.4. The monoisotopic (exact) mass is 336 g/mol. The van der Waals surface area contributed by atoms with Crippen LogP contribution in [-0.4, -0.2) is 15.6 Å². The van der Waals surface area contributed by atoms with Gasteiger partial charge in [0.1, 0.15) is 0 Å². The molecule has 3 aromatic rings. The summed E-state index contributed by atoms with van der Waals surface area (Å²) < 4.78 is 1.90. The molecule has 0 spiro atoms. The number of ketones is 1. The van der Waals surface area contributed by atoms with Gasteiger partial charge < -0.3 is 0 Å². The van der Waals surface area contributed by atoms with Crippen LogP contribution in [0.4, 0.5) is 0 Å². The molecular weight excluding hydrogens is 320 g/mol. The number of rotatable bonds is 2. The predicted octanol–water partition coefficient (Wildman–Crippen LogP) is 4.75. The van der Waals surface area contributed by atoms with Crippen molar-refractivity contribution in [1.82, 2.24) is 9.78 Å². The van der Waals surface area contributed by atoms with Crippen molar-refractivity contribution in [3.05, 3.63) is 82.1 Å². The van der Waals surface area contributed by atoms with Gasteiger partial charge in [-0.1, -0.05) is 41.9 Å². The van der Waals surface area contributed by atoms with Crippen molar-refractivity contribution in [2.75, 3.05) is 0 Å². The highest BCUT2D eigenvalue weighted by atomic mass is 35.5. The van der Waals surface area contributed by atoms with Gasteiger partial charge in [-0.25, -0.2) is 4.68 Å². The number of hydrogen-bond acceptors (Lipinski definition) is 2. The Hall–Kier alpha value is -2.39. The first-order chi connectivity index (χ1) is 11.6. The van der Waals surface area contributed by atoms with Crippen LogP contribution in [0.5, 0.6) is 0 Å². The number of benzene rings is 2. The fourth-order valence-electron chi connectivity index (χ4n) is 3.51. The molecule has 0 bridgehead atoms. The fourth-order valence-corrected chi connectivity index (χ4v) is 3.64. The van der Waals surface area contributed by atoms with Gasteiger partial charge in [0, 0.05) is 11.4 Å². The zero-order chi connectivity index (χ0) is 16.7. The van der Waals surface area contributed by atoms with E-state index in [1.165, 1.54) is 5.56 Å². The van der Waals surface area contributed by atoms with Crippen LogP contribution < -0.4 is 0 Å². The van der Waals surface area contributed by atoms with Crippen molar-refractivity contribution < 1.29 is 4.79 Å². The highest BCUT2D eigenvalue weighted by Crippen LogP contribution is 2.35. The molecule has 1 heterocycles. The highest BCUT2D eigenvalue weighted by Gasteiger charge is 2.31. The normalized spacial score (nSPS) is 16.9. The van der Waals surface area contributed by atoms with E-state index in [1.54, 1.807) is 0 Å².